The van der Waals surface area contributed by atoms with Gasteiger partial charge in [0, 0.05) is 12.1 Å². The zero-order chi connectivity index (χ0) is 22.5. The van der Waals surface area contributed by atoms with Crippen LogP contribution >= 0.6 is 8.03 Å². The molecule has 12 heteroatoms. The van der Waals surface area contributed by atoms with Crippen molar-refractivity contribution in [1.82, 2.24) is 14.5 Å². The van der Waals surface area contributed by atoms with Crippen LogP contribution in [0.3, 0.4) is 0 Å². The van der Waals surface area contributed by atoms with Crippen molar-refractivity contribution in [2.75, 3.05) is 18.9 Å². The fourth-order valence-electron chi connectivity index (χ4n) is 2.80. The Bertz CT molecular complexity index is 865. The van der Waals surface area contributed by atoms with E-state index < -0.39 is 32.6 Å². The highest BCUT2D eigenvalue weighted by atomic mass is 31.1. The van der Waals surface area contributed by atoms with Crippen molar-refractivity contribution in [3.8, 4) is 0 Å². The first kappa shape index (κ1) is 24.5. The van der Waals surface area contributed by atoms with Crippen LogP contribution in [0.25, 0.3) is 11.2 Å². The predicted molar refractivity (Wildman–Crippen MR) is 111 cm³/mol. The fourth-order valence-corrected chi connectivity index (χ4v) is 4.07. The molecule has 2 rings (SSSR count). The fraction of sp³-hybridized carbons (Fsp3) is 0.722. The average Bonchev–Trinajstić information content (AvgIpc) is 3.17. The first-order valence-electron chi connectivity index (χ1n) is 10.0. The molecule has 0 saturated heterocycles. The number of nitrogens with two attached hydrogens (primary N) is 1. The van der Waals surface area contributed by atoms with E-state index in [1.54, 1.807) is 0 Å². The Kier molecular flexibility index (Phi) is 8.57. The molecule has 0 aromatic carbocycles. The van der Waals surface area contributed by atoms with Gasteiger partial charge in [0.05, 0.1) is 18.8 Å². The molecule has 0 aliphatic heterocycles. The van der Waals surface area contributed by atoms with Crippen LogP contribution in [0.2, 0.25) is 0 Å². The molecule has 0 fully saturated rings. The molecule has 5 N–H and O–H groups in total. The van der Waals surface area contributed by atoms with Gasteiger partial charge in [0.1, 0.15) is 12.4 Å². The maximum Gasteiger partial charge on any atom is 0.289 e. The number of nitrogen functional groups attached to an aromatic ring is 1. The third-order valence-corrected chi connectivity index (χ3v) is 7.27. The summed E-state index contributed by atoms with van der Waals surface area (Å²) in [6, 6.07) is 0. The maximum atomic E-state index is 12.4. The normalized spacial score (nSPS) is 18.1. The lowest BCUT2D eigenvalue weighted by molar-refractivity contribution is -0.894. The van der Waals surface area contributed by atoms with Crippen molar-refractivity contribution in [3.63, 3.8) is 0 Å². The predicted octanol–water partition coefficient (Wildman–Crippen LogP) is 1.26. The van der Waals surface area contributed by atoms with Gasteiger partial charge in [-0.2, -0.15) is 0 Å². The SMILES string of the molecule is CCC(C)[PH](=O)O[C@@](C)(CC)CCOC([C@H](O)CO)n1cnc2c(N)[n+](O)cnc21. The third kappa shape index (κ3) is 5.47. The van der Waals surface area contributed by atoms with E-state index in [1.807, 2.05) is 27.7 Å². The molecule has 5 atom stereocenters. The number of aliphatic hydroxyl groups is 2. The van der Waals surface area contributed by atoms with Gasteiger partial charge in [-0.05, 0) is 19.8 Å². The third-order valence-electron chi connectivity index (χ3n) is 5.37. The molecule has 3 unspecified atom stereocenters. The second-order valence-corrected chi connectivity index (χ2v) is 9.42. The maximum absolute atomic E-state index is 12.4. The van der Waals surface area contributed by atoms with Gasteiger partial charge in [0.15, 0.2) is 14.3 Å². The lowest BCUT2D eigenvalue weighted by atomic mass is 10.0. The number of hydrogen-bond donors (Lipinski definition) is 4. The van der Waals surface area contributed by atoms with Crippen molar-refractivity contribution < 1.29 is 34.0 Å². The van der Waals surface area contributed by atoms with Crippen LogP contribution in [0.1, 0.15) is 53.2 Å². The van der Waals surface area contributed by atoms with Crippen molar-refractivity contribution in [3.05, 3.63) is 12.7 Å². The van der Waals surface area contributed by atoms with E-state index in [2.05, 4.69) is 9.97 Å². The topological polar surface area (TPSA) is 157 Å². The molecule has 2 aromatic rings. The van der Waals surface area contributed by atoms with E-state index in [4.69, 9.17) is 15.0 Å². The molecule has 11 nitrogen and oxygen atoms in total. The van der Waals surface area contributed by atoms with E-state index in [0.717, 1.165) is 12.7 Å². The number of anilines is 1. The zero-order valence-corrected chi connectivity index (χ0v) is 18.9. The number of aliphatic hydroxyl groups excluding tert-OH is 2. The van der Waals surface area contributed by atoms with Crippen molar-refractivity contribution in [2.45, 2.75) is 70.5 Å². The number of aromatic nitrogens is 4. The van der Waals surface area contributed by atoms with Gasteiger partial charge in [0.25, 0.3) is 12.1 Å². The molecule has 170 valence electrons. The largest absolute Gasteiger partial charge is 0.394 e. The Morgan fingerprint density at radius 3 is 2.70 bits per heavy atom. The van der Waals surface area contributed by atoms with Crippen molar-refractivity contribution >= 4 is 25.0 Å². The van der Waals surface area contributed by atoms with Crippen LogP contribution in [0.4, 0.5) is 5.82 Å². The number of fused-ring (bicyclic) bond motifs is 1. The highest BCUT2D eigenvalue weighted by Gasteiger charge is 2.30. The Balaban J connectivity index is 2.16. The van der Waals surface area contributed by atoms with Crippen LogP contribution in [0.5, 0.6) is 0 Å². The molecule has 2 aromatic heterocycles. The Morgan fingerprint density at radius 1 is 1.40 bits per heavy atom. The summed E-state index contributed by atoms with van der Waals surface area (Å²) in [5.74, 6) is -0.0156. The molecule has 30 heavy (non-hydrogen) atoms. The Morgan fingerprint density at radius 2 is 2.10 bits per heavy atom. The minimum absolute atomic E-state index is 0.00566. The first-order valence-corrected chi connectivity index (χ1v) is 11.4. The van der Waals surface area contributed by atoms with Crippen LogP contribution in [0, 0.1) is 0 Å². The molecule has 0 saturated carbocycles. The number of rotatable bonds is 12. The monoisotopic (exact) mass is 446 g/mol. The summed E-state index contributed by atoms with van der Waals surface area (Å²) < 4.78 is 26.2. The van der Waals surface area contributed by atoms with E-state index >= 15 is 0 Å². The quantitative estimate of drug-likeness (QED) is 0.214. The van der Waals surface area contributed by atoms with Gasteiger partial charge < -0.3 is 30.4 Å². The summed E-state index contributed by atoms with van der Waals surface area (Å²) >= 11 is 0. The summed E-state index contributed by atoms with van der Waals surface area (Å²) in [7, 11) is -2.20. The van der Waals surface area contributed by atoms with Gasteiger partial charge >= 0.3 is 0 Å². The Labute approximate surface area is 176 Å². The molecule has 0 aliphatic carbocycles. The van der Waals surface area contributed by atoms with Gasteiger partial charge in [-0.25, -0.2) is 4.98 Å². The molecular weight excluding hydrogens is 413 g/mol. The number of nitrogens with zero attached hydrogens (tertiary/aromatic N) is 4. The second kappa shape index (κ2) is 10.5. The minimum atomic E-state index is -2.20. The summed E-state index contributed by atoms with van der Waals surface area (Å²) in [6.07, 6.45) is 2.08. The standard InChI is InChI=1S/C18H32N5O6P/c1-5-12(3)30(27)29-18(4,6-2)7-8-28-17(13(25)9-24)22-10-20-14-15(19)23(26)11-21-16(14)22/h10-13,17,19,24-26,30H,5-9H2,1-4H3/p+1/t12?,13-,17?,18+/m1/s1. The lowest BCUT2D eigenvalue weighted by Crippen LogP contribution is -2.35. The van der Waals surface area contributed by atoms with E-state index in [9.17, 15) is 20.0 Å². The van der Waals surface area contributed by atoms with Crippen LogP contribution in [-0.2, 0) is 13.8 Å². The van der Waals surface area contributed by atoms with Crippen molar-refractivity contribution in [2.24, 2.45) is 0 Å². The summed E-state index contributed by atoms with van der Waals surface area (Å²) in [6.45, 7) is 7.33. The zero-order valence-electron chi connectivity index (χ0n) is 17.9. The minimum Gasteiger partial charge on any atom is -0.394 e. The van der Waals surface area contributed by atoms with Crippen molar-refractivity contribution in [1.29, 1.82) is 0 Å². The number of ether oxygens (including phenoxy) is 1. The second-order valence-electron chi connectivity index (χ2n) is 7.59. The van der Waals surface area contributed by atoms with E-state index in [1.165, 1.54) is 10.9 Å². The molecule has 0 spiro atoms. The molecule has 0 amide bonds. The van der Waals surface area contributed by atoms with Crippen LogP contribution < -0.4 is 10.5 Å². The molecule has 0 aliphatic rings. The summed E-state index contributed by atoms with van der Waals surface area (Å²) in [5, 5.41) is 29.4. The highest BCUT2D eigenvalue weighted by Crippen LogP contribution is 2.39. The van der Waals surface area contributed by atoms with Crippen LogP contribution in [0.15, 0.2) is 12.7 Å². The molecular formula is C18H33N5O6P+. The van der Waals surface area contributed by atoms with Gasteiger partial charge in [-0.1, -0.05) is 30.5 Å². The summed E-state index contributed by atoms with van der Waals surface area (Å²) in [5.41, 5.74) is 5.66. The van der Waals surface area contributed by atoms with Crippen LogP contribution in [-0.4, -0.2) is 60.5 Å². The lowest BCUT2D eigenvalue weighted by Gasteiger charge is -2.31. The van der Waals surface area contributed by atoms with Gasteiger partial charge in [-0.3, -0.25) is 9.13 Å². The Hall–Kier alpha value is -1.78. The number of imidazole rings is 1. The molecule has 2 heterocycles. The average molecular weight is 446 g/mol. The first-order chi connectivity index (χ1) is 14.2. The molecule has 0 radical (unpaired) electrons. The van der Waals surface area contributed by atoms with Gasteiger partial charge in [-0.15, -0.1) is 0 Å². The van der Waals surface area contributed by atoms with E-state index in [0.29, 0.717) is 17.6 Å². The van der Waals surface area contributed by atoms with Gasteiger partial charge in [0.2, 0.25) is 11.2 Å². The molecule has 0 bridgehead atoms. The van der Waals surface area contributed by atoms with E-state index in [-0.39, 0.29) is 29.2 Å². The highest BCUT2D eigenvalue weighted by molar-refractivity contribution is 7.40. The number of hydrogen-bond acceptors (Lipinski definition) is 9. The smallest absolute Gasteiger partial charge is 0.289 e. The summed E-state index contributed by atoms with van der Waals surface area (Å²) in [4.78, 5) is 8.20.